The Morgan fingerprint density at radius 3 is 2.86 bits per heavy atom. The first-order valence-electron chi connectivity index (χ1n) is 6.71. The fourth-order valence-electron chi connectivity index (χ4n) is 1.67. The van der Waals surface area contributed by atoms with Gasteiger partial charge in [0.1, 0.15) is 17.1 Å². The summed E-state index contributed by atoms with van der Waals surface area (Å²) in [5.74, 6) is 5.61. The van der Waals surface area contributed by atoms with Crippen LogP contribution in [0, 0.1) is 18.8 Å². The van der Waals surface area contributed by atoms with Crippen molar-refractivity contribution in [2.24, 2.45) is 5.16 Å². The topological polar surface area (TPSA) is 64.4 Å². The zero-order valence-corrected chi connectivity index (χ0v) is 12.4. The molecule has 2 rings (SSSR count). The number of pyridine rings is 2. The molecule has 0 N–H and O–H groups in total. The van der Waals surface area contributed by atoms with Crippen molar-refractivity contribution >= 4 is 12.0 Å². The van der Waals surface area contributed by atoms with E-state index in [1.807, 2.05) is 32.0 Å². The highest BCUT2D eigenvalue weighted by Crippen LogP contribution is 2.00. The maximum atomic E-state index is 10.6. The van der Waals surface area contributed by atoms with Crippen molar-refractivity contribution in [1.82, 2.24) is 9.97 Å². The minimum Gasteiger partial charge on any atom is -0.382 e. The molecule has 5 heteroatoms. The van der Waals surface area contributed by atoms with Crippen LogP contribution < -0.4 is 0 Å². The van der Waals surface area contributed by atoms with Crippen molar-refractivity contribution in [3.63, 3.8) is 0 Å². The highest BCUT2D eigenvalue weighted by Gasteiger charge is 1.99. The van der Waals surface area contributed by atoms with Crippen LogP contribution in [0.1, 0.15) is 34.5 Å². The van der Waals surface area contributed by atoms with Gasteiger partial charge in [-0.25, -0.2) is 4.98 Å². The van der Waals surface area contributed by atoms with Crippen LogP contribution in [0.5, 0.6) is 0 Å². The van der Waals surface area contributed by atoms with E-state index in [0.29, 0.717) is 23.4 Å². The van der Waals surface area contributed by atoms with E-state index in [9.17, 15) is 4.79 Å². The van der Waals surface area contributed by atoms with Crippen molar-refractivity contribution in [1.29, 1.82) is 0 Å². The van der Waals surface area contributed by atoms with Gasteiger partial charge in [-0.2, -0.15) is 0 Å². The Balaban J connectivity index is 1.92. The molecule has 0 aliphatic heterocycles. The third-order valence-corrected chi connectivity index (χ3v) is 2.71. The second-order valence-electron chi connectivity index (χ2n) is 4.48. The highest BCUT2D eigenvalue weighted by atomic mass is 16.6. The molecule has 0 fully saturated rings. The van der Waals surface area contributed by atoms with Gasteiger partial charge in [0.15, 0.2) is 12.9 Å². The lowest BCUT2D eigenvalue weighted by molar-refractivity contribution is 0.111. The SMILES string of the molecule is C/C(=N/OCC#Cc1cccc(C=O)n1)c1cccc(C)n1. The molecule has 0 atom stereocenters. The van der Waals surface area contributed by atoms with Gasteiger partial charge in [-0.3, -0.25) is 9.78 Å². The van der Waals surface area contributed by atoms with Gasteiger partial charge in [0, 0.05) is 5.69 Å². The number of carbonyl (C=O) groups excluding carboxylic acids is 1. The third kappa shape index (κ3) is 4.53. The number of hydrogen-bond donors (Lipinski definition) is 0. The Morgan fingerprint density at radius 1 is 1.27 bits per heavy atom. The van der Waals surface area contributed by atoms with Crippen molar-refractivity contribution in [2.75, 3.05) is 6.61 Å². The molecule has 0 radical (unpaired) electrons. The Bertz CT molecular complexity index is 758. The van der Waals surface area contributed by atoms with Gasteiger partial charge in [0.25, 0.3) is 0 Å². The van der Waals surface area contributed by atoms with Crippen LogP contribution in [-0.2, 0) is 4.84 Å². The van der Waals surface area contributed by atoms with Gasteiger partial charge in [0.2, 0.25) is 0 Å². The summed E-state index contributed by atoms with van der Waals surface area (Å²) in [5.41, 5.74) is 3.26. The fourth-order valence-corrected chi connectivity index (χ4v) is 1.67. The summed E-state index contributed by atoms with van der Waals surface area (Å²) < 4.78 is 0. The highest BCUT2D eigenvalue weighted by molar-refractivity contribution is 5.96. The Kier molecular flexibility index (Phi) is 5.38. The van der Waals surface area contributed by atoms with Gasteiger partial charge >= 0.3 is 0 Å². The molecule has 0 aliphatic carbocycles. The van der Waals surface area contributed by atoms with Crippen molar-refractivity contribution < 1.29 is 9.63 Å². The van der Waals surface area contributed by atoms with E-state index in [-0.39, 0.29) is 6.61 Å². The minimum absolute atomic E-state index is 0.135. The molecular weight excluding hydrogens is 278 g/mol. The summed E-state index contributed by atoms with van der Waals surface area (Å²) in [7, 11) is 0. The number of hydrogen-bond acceptors (Lipinski definition) is 5. The molecular formula is C17H15N3O2. The predicted octanol–water partition coefficient (Wildman–Crippen LogP) is 2.39. The zero-order chi connectivity index (χ0) is 15.8. The van der Waals surface area contributed by atoms with E-state index in [2.05, 4.69) is 27.0 Å². The van der Waals surface area contributed by atoms with Gasteiger partial charge < -0.3 is 4.84 Å². The number of rotatable bonds is 4. The lowest BCUT2D eigenvalue weighted by Crippen LogP contribution is -2.00. The van der Waals surface area contributed by atoms with E-state index in [4.69, 9.17) is 4.84 Å². The van der Waals surface area contributed by atoms with Crippen LogP contribution in [0.4, 0.5) is 0 Å². The predicted molar refractivity (Wildman–Crippen MR) is 83.6 cm³/mol. The fraction of sp³-hybridized carbons (Fsp3) is 0.176. The lowest BCUT2D eigenvalue weighted by Gasteiger charge is -2.00. The summed E-state index contributed by atoms with van der Waals surface area (Å²) in [5, 5.41) is 3.98. The number of aryl methyl sites for hydroxylation is 1. The van der Waals surface area contributed by atoms with Crippen LogP contribution in [0.2, 0.25) is 0 Å². The Morgan fingerprint density at radius 2 is 2.09 bits per heavy atom. The second kappa shape index (κ2) is 7.70. The molecule has 0 saturated heterocycles. The smallest absolute Gasteiger partial charge is 0.177 e. The van der Waals surface area contributed by atoms with Crippen molar-refractivity contribution in [2.45, 2.75) is 13.8 Å². The number of aromatic nitrogens is 2. The maximum absolute atomic E-state index is 10.6. The summed E-state index contributed by atoms with van der Waals surface area (Å²) in [6.45, 7) is 3.88. The molecule has 0 aliphatic rings. The molecule has 5 nitrogen and oxygen atoms in total. The molecule has 0 spiro atoms. The quantitative estimate of drug-likeness (QED) is 0.285. The van der Waals surface area contributed by atoms with E-state index < -0.39 is 0 Å². The summed E-state index contributed by atoms with van der Waals surface area (Å²) in [6.07, 6.45) is 0.685. The first-order valence-corrected chi connectivity index (χ1v) is 6.71. The van der Waals surface area contributed by atoms with E-state index in [0.717, 1.165) is 11.4 Å². The molecule has 0 saturated carbocycles. The van der Waals surface area contributed by atoms with Gasteiger partial charge in [-0.15, -0.1) is 0 Å². The van der Waals surface area contributed by atoms with Gasteiger partial charge in [-0.05, 0) is 44.0 Å². The molecule has 2 heterocycles. The van der Waals surface area contributed by atoms with E-state index in [1.165, 1.54) is 0 Å². The van der Waals surface area contributed by atoms with E-state index >= 15 is 0 Å². The minimum atomic E-state index is 0.135. The van der Waals surface area contributed by atoms with Crippen LogP contribution in [0.15, 0.2) is 41.6 Å². The monoisotopic (exact) mass is 293 g/mol. The largest absolute Gasteiger partial charge is 0.382 e. The summed E-state index contributed by atoms with van der Waals surface area (Å²) in [6, 6.07) is 10.8. The van der Waals surface area contributed by atoms with Crippen LogP contribution in [0.25, 0.3) is 0 Å². The Labute approximate surface area is 129 Å². The number of aldehydes is 1. The summed E-state index contributed by atoms with van der Waals surface area (Å²) in [4.78, 5) is 24.1. The molecule has 0 aromatic carbocycles. The molecule has 22 heavy (non-hydrogen) atoms. The lowest BCUT2D eigenvalue weighted by atomic mass is 10.2. The van der Waals surface area contributed by atoms with Crippen LogP contribution >= 0.6 is 0 Å². The average molecular weight is 293 g/mol. The number of nitrogens with zero attached hydrogens (tertiary/aromatic N) is 3. The van der Waals surface area contributed by atoms with Crippen LogP contribution in [0.3, 0.4) is 0 Å². The van der Waals surface area contributed by atoms with Crippen LogP contribution in [-0.4, -0.2) is 28.6 Å². The molecule has 110 valence electrons. The number of oxime groups is 1. The molecule has 0 amide bonds. The second-order valence-corrected chi connectivity index (χ2v) is 4.48. The Hall–Kier alpha value is -3.00. The average Bonchev–Trinajstić information content (AvgIpc) is 2.54. The normalized spacial score (nSPS) is 10.5. The molecule has 2 aromatic rings. The molecule has 0 unspecified atom stereocenters. The molecule has 2 aromatic heterocycles. The standard InChI is InChI=1S/C17H15N3O2/c1-13-6-3-10-17(18-13)14(2)20-22-11-5-9-15-7-4-8-16(12-21)19-15/h3-4,6-8,10,12H,11H2,1-2H3/b20-14-. The van der Waals surface area contributed by atoms with Gasteiger partial charge in [-0.1, -0.05) is 23.2 Å². The van der Waals surface area contributed by atoms with Crippen molar-refractivity contribution in [3.05, 3.63) is 59.2 Å². The first-order chi connectivity index (χ1) is 10.7. The summed E-state index contributed by atoms with van der Waals surface area (Å²) >= 11 is 0. The third-order valence-electron chi connectivity index (χ3n) is 2.71. The van der Waals surface area contributed by atoms with E-state index in [1.54, 1.807) is 18.2 Å². The zero-order valence-electron chi connectivity index (χ0n) is 12.4. The maximum Gasteiger partial charge on any atom is 0.177 e. The van der Waals surface area contributed by atoms with Crippen molar-refractivity contribution in [3.8, 4) is 11.8 Å². The molecule has 0 bridgehead atoms. The first kappa shape index (κ1) is 15.4. The number of carbonyl (C=O) groups is 1. The van der Waals surface area contributed by atoms with Gasteiger partial charge in [0.05, 0.1) is 5.69 Å².